The number of benzene rings is 2. The van der Waals surface area contributed by atoms with Gasteiger partial charge >= 0.3 is 5.97 Å². The topological polar surface area (TPSA) is 105 Å². The van der Waals surface area contributed by atoms with Crippen molar-refractivity contribution in [2.75, 3.05) is 32.6 Å². The Morgan fingerprint density at radius 3 is 2.31 bits per heavy atom. The van der Waals surface area contributed by atoms with Gasteiger partial charge < -0.3 is 20.3 Å². The van der Waals surface area contributed by atoms with E-state index in [1.54, 1.807) is 38.4 Å². The molecule has 0 aliphatic carbocycles. The molecule has 0 aliphatic rings. The normalized spacial score (nSPS) is 10.0. The highest BCUT2D eigenvalue weighted by molar-refractivity contribution is 5.97. The molecule has 0 atom stereocenters. The molecule has 8 nitrogen and oxygen atoms in total. The van der Waals surface area contributed by atoms with Crippen LogP contribution in [0.15, 0.2) is 48.5 Å². The Morgan fingerprint density at radius 1 is 1.00 bits per heavy atom. The number of esters is 1. The molecular weight excluding hydrogens is 381 g/mol. The molecule has 0 bridgehead atoms. The van der Waals surface area contributed by atoms with Crippen molar-refractivity contribution in [2.24, 2.45) is 0 Å². The largest absolute Gasteiger partial charge is 0.454 e. The lowest BCUT2D eigenvalue weighted by Crippen LogP contribution is -2.32. The third-order valence-electron chi connectivity index (χ3n) is 3.67. The number of ether oxygens (including phenoxy) is 1. The summed E-state index contributed by atoms with van der Waals surface area (Å²) in [6, 6.07) is 11.2. The first-order chi connectivity index (χ1) is 13.8. The van der Waals surface area contributed by atoms with Gasteiger partial charge in [-0.05, 0) is 42.5 Å². The molecule has 2 N–H and O–H groups in total. The van der Waals surface area contributed by atoms with Crippen LogP contribution in [0.4, 0.5) is 10.1 Å². The van der Waals surface area contributed by atoms with Crippen LogP contribution < -0.4 is 10.6 Å². The first-order valence-corrected chi connectivity index (χ1v) is 8.57. The van der Waals surface area contributed by atoms with Gasteiger partial charge in [0.1, 0.15) is 12.4 Å². The standard InChI is InChI=1S/C20H20FN3O5/c1-24(2)20(28)13-6-8-16(9-7-13)23-17(25)12-29-18(26)11-22-19(27)14-4-3-5-15(21)10-14/h3-10H,11-12H2,1-2H3,(H,22,27)(H,23,25). The predicted molar refractivity (Wildman–Crippen MR) is 103 cm³/mol. The molecule has 0 aliphatic heterocycles. The summed E-state index contributed by atoms with van der Waals surface area (Å²) < 4.78 is 17.9. The van der Waals surface area contributed by atoms with E-state index in [1.807, 2.05) is 0 Å². The monoisotopic (exact) mass is 401 g/mol. The maximum atomic E-state index is 13.1. The van der Waals surface area contributed by atoms with Crippen LogP contribution in [0, 0.1) is 5.82 Å². The highest BCUT2D eigenvalue weighted by atomic mass is 19.1. The number of hydrogen-bond acceptors (Lipinski definition) is 5. The first kappa shape index (κ1) is 21.5. The molecule has 0 fully saturated rings. The van der Waals surface area contributed by atoms with E-state index in [2.05, 4.69) is 10.6 Å². The second-order valence-electron chi connectivity index (χ2n) is 6.18. The minimum absolute atomic E-state index is 0.0618. The summed E-state index contributed by atoms with van der Waals surface area (Å²) in [4.78, 5) is 48.5. The molecule has 0 radical (unpaired) electrons. The molecule has 0 heterocycles. The molecule has 0 saturated carbocycles. The molecule has 2 aromatic carbocycles. The summed E-state index contributed by atoms with van der Waals surface area (Å²) in [7, 11) is 3.26. The highest BCUT2D eigenvalue weighted by Gasteiger charge is 2.12. The van der Waals surface area contributed by atoms with Gasteiger partial charge in [0.15, 0.2) is 6.61 Å². The second kappa shape index (κ2) is 9.98. The van der Waals surface area contributed by atoms with Crippen LogP contribution in [0.2, 0.25) is 0 Å². The Labute approximate surface area is 166 Å². The number of nitrogens with zero attached hydrogens (tertiary/aromatic N) is 1. The van der Waals surface area contributed by atoms with Crippen LogP contribution in [0.3, 0.4) is 0 Å². The maximum Gasteiger partial charge on any atom is 0.325 e. The average molecular weight is 401 g/mol. The Balaban J connectivity index is 1.75. The minimum atomic E-state index is -0.822. The van der Waals surface area contributed by atoms with Gasteiger partial charge in [-0.2, -0.15) is 0 Å². The highest BCUT2D eigenvalue weighted by Crippen LogP contribution is 2.10. The Kier molecular flexibility index (Phi) is 7.41. The number of halogens is 1. The SMILES string of the molecule is CN(C)C(=O)c1ccc(NC(=O)COC(=O)CNC(=O)c2cccc(F)c2)cc1. The van der Waals surface area contributed by atoms with Crippen LogP contribution in [0.1, 0.15) is 20.7 Å². The second-order valence-corrected chi connectivity index (χ2v) is 6.18. The maximum absolute atomic E-state index is 13.1. The van der Waals surface area contributed by atoms with E-state index in [-0.39, 0.29) is 11.5 Å². The van der Waals surface area contributed by atoms with E-state index in [4.69, 9.17) is 4.74 Å². The number of carbonyl (C=O) groups is 4. The Morgan fingerprint density at radius 2 is 1.69 bits per heavy atom. The van der Waals surface area contributed by atoms with Crippen molar-refractivity contribution in [3.63, 3.8) is 0 Å². The Bertz CT molecular complexity index is 913. The van der Waals surface area contributed by atoms with Crippen LogP contribution in [-0.4, -0.2) is 55.8 Å². The van der Waals surface area contributed by atoms with Gasteiger partial charge in [0.2, 0.25) is 0 Å². The molecule has 0 spiro atoms. The van der Waals surface area contributed by atoms with Gasteiger partial charge in [-0.15, -0.1) is 0 Å². The summed E-state index contributed by atoms with van der Waals surface area (Å²) in [6.07, 6.45) is 0. The van der Waals surface area contributed by atoms with Crippen LogP contribution in [-0.2, 0) is 14.3 Å². The van der Waals surface area contributed by atoms with Gasteiger partial charge in [0.05, 0.1) is 0 Å². The molecule has 3 amide bonds. The van der Waals surface area contributed by atoms with E-state index in [0.29, 0.717) is 11.3 Å². The van der Waals surface area contributed by atoms with Crippen molar-refractivity contribution in [3.8, 4) is 0 Å². The minimum Gasteiger partial charge on any atom is -0.454 e. The molecule has 0 aromatic heterocycles. The van der Waals surface area contributed by atoms with Crippen molar-refractivity contribution in [1.29, 1.82) is 0 Å². The zero-order valence-electron chi connectivity index (χ0n) is 15.9. The smallest absolute Gasteiger partial charge is 0.325 e. The van der Waals surface area contributed by atoms with Gasteiger partial charge in [0, 0.05) is 30.9 Å². The lowest BCUT2D eigenvalue weighted by atomic mass is 10.2. The van der Waals surface area contributed by atoms with E-state index in [9.17, 15) is 23.6 Å². The van der Waals surface area contributed by atoms with Gasteiger partial charge in [-0.1, -0.05) is 6.07 Å². The van der Waals surface area contributed by atoms with Crippen molar-refractivity contribution in [2.45, 2.75) is 0 Å². The summed E-state index contributed by atoms with van der Waals surface area (Å²) in [5.41, 5.74) is 0.959. The van der Waals surface area contributed by atoms with E-state index in [0.717, 1.165) is 6.07 Å². The number of nitrogens with one attached hydrogen (secondary N) is 2. The van der Waals surface area contributed by atoms with E-state index >= 15 is 0 Å². The molecule has 152 valence electrons. The van der Waals surface area contributed by atoms with Crippen LogP contribution in [0.5, 0.6) is 0 Å². The fraction of sp³-hybridized carbons (Fsp3) is 0.200. The van der Waals surface area contributed by atoms with Crippen molar-refractivity contribution < 1.29 is 28.3 Å². The van der Waals surface area contributed by atoms with Gasteiger partial charge in [-0.3, -0.25) is 19.2 Å². The van der Waals surface area contributed by atoms with E-state index in [1.165, 1.54) is 23.1 Å². The molecule has 0 unspecified atom stereocenters. The van der Waals surface area contributed by atoms with Crippen LogP contribution in [0.25, 0.3) is 0 Å². The zero-order chi connectivity index (χ0) is 21.4. The molecule has 2 aromatic rings. The fourth-order valence-corrected chi connectivity index (χ4v) is 2.23. The van der Waals surface area contributed by atoms with E-state index < -0.39 is 36.8 Å². The summed E-state index contributed by atoms with van der Waals surface area (Å²) in [6.45, 7) is -1.02. The number of amides is 3. The molecule has 9 heteroatoms. The Hall–Kier alpha value is -3.75. The third kappa shape index (κ3) is 6.73. The number of anilines is 1. The van der Waals surface area contributed by atoms with Gasteiger partial charge in [-0.25, -0.2) is 4.39 Å². The zero-order valence-corrected chi connectivity index (χ0v) is 15.9. The number of carbonyl (C=O) groups excluding carboxylic acids is 4. The quantitative estimate of drug-likeness (QED) is 0.683. The molecule has 2 rings (SSSR count). The fourth-order valence-electron chi connectivity index (χ4n) is 2.23. The summed E-state index contributed by atoms with van der Waals surface area (Å²) in [5.74, 6) is -2.79. The summed E-state index contributed by atoms with van der Waals surface area (Å²) in [5, 5.41) is 4.80. The molecule has 29 heavy (non-hydrogen) atoms. The molecular formula is C20H20FN3O5. The lowest BCUT2D eigenvalue weighted by molar-refractivity contribution is -0.146. The van der Waals surface area contributed by atoms with Crippen molar-refractivity contribution in [3.05, 3.63) is 65.5 Å². The average Bonchev–Trinajstić information content (AvgIpc) is 2.70. The predicted octanol–water partition coefficient (Wildman–Crippen LogP) is 1.44. The summed E-state index contributed by atoms with van der Waals surface area (Å²) >= 11 is 0. The lowest BCUT2D eigenvalue weighted by Gasteiger charge is -2.11. The molecule has 0 saturated heterocycles. The van der Waals surface area contributed by atoms with Gasteiger partial charge in [0.25, 0.3) is 17.7 Å². The third-order valence-corrected chi connectivity index (χ3v) is 3.67. The number of hydrogen-bond donors (Lipinski definition) is 2. The first-order valence-electron chi connectivity index (χ1n) is 8.57. The number of rotatable bonds is 7. The van der Waals surface area contributed by atoms with Crippen molar-refractivity contribution in [1.82, 2.24) is 10.2 Å². The van der Waals surface area contributed by atoms with Crippen LogP contribution >= 0.6 is 0 Å². The van der Waals surface area contributed by atoms with Crippen molar-refractivity contribution >= 4 is 29.4 Å².